The molecule has 1 aliphatic heterocycles. The highest BCUT2D eigenvalue weighted by molar-refractivity contribution is 8.15. The minimum absolute atomic E-state index is 0.0322. The van der Waals surface area contributed by atoms with Crippen molar-refractivity contribution in [2.24, 2.45) is 10.9 Å². The number of carbonyl (C=O) groups excluding carboxylic acids is 1. The molecule has 0 aromatic heterocycles. The molecule has 1 aliphatic rings. The van der Waals surface area contributed by atoms with Crippen LogP contribution in [0, 0.1) is 23.0 Å². The van der Waals surface area contributed by atoms with E-state index in [4.69, 9.17) is 11.6 Å². The van der Waals surface area contributed by atoms with Gasteiger partial charge in [0.25, 0.3) is 5.69 Å². The maximum atomic E-state index is 12.0. The number of nitro benzene ring substituents is 1. The number of nitrogens with zero attached hydrogens (tertiary/aromatic N) is 3. The number of amides is 1. The number of aliphatic imine (C=N–C) groups is 1. The third-order valence-electron chi connectivity index (χ3n) is 3.70. The zero-order valence-electron chi connectivity index (χ0n) is 13.2. The highest BCUT2D eigenvalue weighted by Gasteiger charge is 2.29. The number of hydrogen-bond acceptors (Lipinski definition) is 5. The van der Waals surface area contributed by atoms with Gasteiger partial charge in [0.2, 0.25) is 5.91 Å². The second-order valence-corrected chi connectivity index (χ2v) is 6.90. The van der Waals surface area contributed by atoms with Gasteiger partial charge in [-0.25, -0.2) is 4.99 Å². The smallest absolute Gasteiger partial charge is 0.271 e. The summed E-state index contributed by atoms with van der Waals surface area (Å²) in [7, 11) is 0. The van der Waals surface area contributed by atoms with Crippen LogP contribution in [0.15, 0.2) is 17.1 Å². The topological polar surface area (TPSA) is 75.8 Å². The van der Waals surface area contributed by atoms with Crippen molar-refractivity contribution in [3.05, 3.63) is 32.8 Å². The van der Waals surface area contributed by atoms with Crippen LogP contribution in [-0.4, -0.2) is 33.2 Å². The molecule has 1 heterocycles. The third kappa shape index (κ3) is 4.03. The van der Waals surface area contributed by atoms with Gasteiger partial charge >= 0.3 is 0 Å². The van der Waals surface area contributed by atoms with Crippen molar-refractivity contribution >= 4 is 45.8 Å². The molecule has 0 N–H and O–H groups in total. The molecule has 2 rings (SSSR count). The zero-order valence-corrected chi connectivity index (χ0v) is 14.8. The molecule has 1 aromatic rings. The Balaban J connectivity index is 2.37. The van der Waals surface area contributed by atoms with Crippen LogP contribution in [0.1, 0.15) is 25.8 Å². The zero-order chi connectivity index (χ0) is 17.1. The fraction of sp³-hybridized carbons (Fsp3) is 0.467. The van der Waals surface area contributed by atoms with E-state index in [9.17, 15) is 14.9 Å². The summed E-state index contributed by atoms with van der Waals surface area (Å²) in [5.74, 6) is 0.764. The lowest BCUT2D eigenvalue weighted by Crippen LogP contribution is -2.33. The van der Waals surface area contributed by atoms with Gasteiger partial charge in [-0.15, -0.1) is 0 Å². The van der Waals surface area contributed by atoms with Gasteiger partial charge in [0.15, 0.2) is 5.17 Å². The maximum Gasteiger partial charge on any atom is 0.271 e. The Morgan fingerprint density at radius 3 is 2.78 bits per heavy atom. The van der Waals surface area contributed by atoms with Gasteiger partial charge in [0, 0.05) is 18.7 Å². The van der Waals surface area contributed by atoms with Gasteiger partial charge < -0.3 is 0 Å². The summed E-state index contributed by atoms with van der Waals surface area (Å²) in [5.41, 5.74) is 1.02. The molecule has 6 nitrogen and oxygen atoms in total. The van der Waals surface area contributed by atoms with Gasteiger partial charge in [-0.1, -0.05) is 43.6 Å². The highest BCUT2D eigenvalue weighted by Crippen LogP contribution is 2.35. The van der Waals surface area contributed by atoms with Gasteiger partial charge in [-0.3, -0.25) is 19.8 Å². The van der Waals surface area contributed by atoms with Gasteiger partial charge in [-0.05, 0) is 18.4 Å². The number of rotatable bonds is 5. The number of carbonyl (C=O) groups is 1. The van der Waals surface area contributed by atoms with Crippen LogP contribution >= 0.6 is 23.4 Å². The Hall–Kier alpha value is -1.60. The minimum Gasteiger partial charge on any atom is -0.290 e. The lowest BCUT2D eigenvalue weighted by atomic mass is 10.1. The monoisotopic (exact) mass is 355 g/mol. The first kappa shape index (κ1) is 17.7. The van der Waals surface area contributed by atoms with Crippen LogP contribution < -0.4 is 0 Å². The van der Waals surface area contributed by atoms with Crippen LogP contribution in [0.25, 0.3) is 0 Å². The van der Waals surface area contributed by atoms with Crippen molar-refractivity contribution in [2.75, 3.05) is 12.3 Å². The van der Waals surface area contributed by atoms with Gasteiger partial charge in [0.1, 0.15) is 0 Å². The summed E-state index contributed by atoms with van der Waals surface area (Å²) in [6, 6.07) is 2.72. The molecule has 1 fully saturated rings. The molecule has 1 saturated heterocycles. The van der Waals surface area contributed by atoms with Crippen LogP contribution in [0.2, 0.25) is 5.02 Å². The summed E-state index contributed by atoms with van der Waals surface area (Å²) in [4.78, 5) is 28.6. The number of hydrogen-bond donors (Lipinski definition) is 0. The highest BCUT2D eigenvalue weighted by atomic mass is 35.5. The molecule has 0 saturated carbocycles. The van der Waals surface area contributed by atoms with Crippen molar-refractivity contribution in [2.45, 2.75) is 27.2 Å². The van der Waals surface area contributed by atoms with E-state index >= 15 is 0 Å². The molecule has 0 spiro atoms. The quantitative estimate of drug-likeness (QED) is 0.586. The summed E-state index contributed by atoms with van der Waals surface area (Å²) < 4.78 is 0. The van der Waals surface area contributed by atoms with E-state index in [1.165, 1.54) is 23.9 Å². The van der Waals surface area contributed by atoms with E-state index in [0.717, 1.165) is 6.42 Å². The molecular weight excluding hydrogens is 338 g/mol. The van der Waals surface area contributed by atoms with Crippen molar-refractivity contribution in [1.29, 1.82) is 0 Å². The minimum atomic E-state index is -0.487. The van der Waals surface area contributed by atoms with Crippen molar-refractivity contribution < 1.29 is 9.72 Å². The first-order chi connectivity index (χ1) is 10.8. The summed E-state index contributed by atoms with van der Waals surface area (Å²) in [5, 5.41) is 11.7. The van der Waals surface area contributed by atoms with E-state index in [2.05, 4.69) is 18.8 Å². The number of halogens is 1. The molecule has 1 amide bonds. The molecule has 8 heteroatoms. The first-order valence-corrected chi connectivity index (χ1v) is 8.66. The number of aryl methyl sites for hydroxylation is 1. The average molecular weight is 356 g/mol. The predicted molar refractivity (Wildman–Crippen MR) is 93.6 cm³/mol. The largest absolute Gasteiger partial charge is 0.290 e. The molecular formula is C15H18ClN3O3S. The van der Waals surface area contributed by atoms with Crippen LogP contribution in [0.4, 0.5) is 11.4 Å². The lowest BCUT2D eigenvalue weighted by Gasteiger charge is -2.20. The number of non-ortho nitro benzene ring substituents is 1. The average Bonchev–Trinajstić information content (AvgIpc) is 2.83. The Morgan fingerprint density at radius 1 is 1.52 bits per heavy atom. The summed E-state index contributed by atoms with van der Waals surface area (Å²) in [6.07, 6.45) is 0.971. The maximum absolute atomic E-state index is 12.0. The molecule has 0 radical (unpaired) electrons. The number of thioether (sulfide) groups is 1. The van der Waals surface area contributed by atoms with Crippen LogP contribution in [0.5, 0.6) is 0 Å². The van der Waals surface area contributed by atoms with E-state index in [1.807, 2.05) is 0 Å². The number of amidine groups is 1. The van der Waals surface area contributed by atoms with E-state index in [0.29, 0.717) is 34.6 Å². The lowest BCUT2D eigenvalue weighted by molar-refractivity contribution is -0.384. The third-order valence-corrected chi connectivity index (χ3v) is 4.95. The van der Waals surface area contributed by atoms with E-state index in [1.54, 1.807) is 11.8 Å². The molecule has 0 bridgehead atoms. The standard InChI is InChI=1S/C15H18ClN3O3S/c1-4-9(2)7-18-13(20)8-23-15(18)17-14-10(3)5-11(19(21)22)6-12(14)16/h5-6,9H,4,7-8H2,1-3H3. The number of benzene rings is 1. The Labute approximate surface area is 144 Å². The molecule has 0 aliphatic carbocycles. The second-order valence-electron chi connectivity index (χ2n) is 5.55. The summed E-state index contributed by atoms with van der Waals surface area (Å²) in [6.45, 7) is 6.49. The fourth-order valence-electron chi connectivity index (χ4n) is 2.16. The van der Waals surface area contributed by atoms with Crippen molar-refractivity contribution in [3.63, 3.8) is 0 Å². The van der Waals surface area contributed by atoms with Crippen molar-refractivity contribution in [1.82, 2.24) is 4.90 Å². The van der Waals surface area contributed by atoms with Gasteiger partial charge in [0.05, 0.1) is 21.4 Å². The van der Waals surface area contributed by atoms with E-state index in [-0.39, 0.29) is 16.6 Å². The van der Waals surface area contributed by atoms with Gasteiger partial charge in [-0.2, -0.15) is 0 Å². The second kappa shape index (κ2) is 7.31. The first-order valence-electron chi connectivity index (χ1n) is 7.29. The SMILES string of the molecule is CCC(C)CN1C(=O)CSC1=Nc1c(C)cc([N+](=O)[O-])cc1Cl. The fourth-order valence-corrected chi connectivity index (χ4v) is 3.36. The Bertz CT molecular complexity index is 655. The normalized spacial score (nSPS) is 17.8. The predicted octanol–water partition coefficient (Wildman–Crippen LogP) is 4.17. The molecule has 124 valence electrons. The van der Waals surface area contributed by atoms with Crippen LogP contribution in [0.3, 0.4) is 0 Å². The molecule has 1 atom stereocenters. The van der Waals surface area contributed by atoms with Crippen molar-refractivity contribution in [3.8, 4) is 0 Å². The molecule has 1 unspecified atom stereocenters. The Kier molecular flexibility index (Phi) is 5.64. The van der Waals surface area contributed by atoms with Crippen LogP contribution in [-0.2, 0) is 4.79 Å². The summed E-state index contributed by atoms with van der Waals surface area (Å²) >= 11 is 7.52. The molecule has 23 heavy (non-hydrogen) atoms. The molecule has 1 aromatic carbocycles. The Morgan fingerprint density at radius 2 is 2.22 bits per heavy atom. The number of nitro groups is 1. The van der Waals surface area contributed by atoms with E-state index < -0.39 is 4.92 Å².